The van der Waals surface area contributed by atoms with E-state index in [-0.39, 0.29) is 19.1 Å². The Morgan fingerprint density at radius 2 is 1.83 bits per heavy atom. The maximum atomic E-state index is 11.4. The number of esters is 1. The van der Waals surface area contributed by atoms with Crippen molar-refractivity contribution in [1.29, 1.82) is 0 Å². The average molecular weight is 260 g/mol. The number of amides is 2. The van der Waals surface area contributed by atoms with Gasteiger partial charge < -0.3 is 9.47 Å². The standard InChI is InChI=1S/C11H20N2O5/c1-5-18-11(16)13-8(14)6-12-9(7(2)3)10(15)17-4/h7,9,12H,5-6H2,1-4H3,(H,13,14,16). The zero-order valence-corrected chi connectivity index (χ0v) is 11.1. The van der Waals surface area contributed by atoms with Gasteiger partial charge in [0.05, 0.1) is 20.3 Å². The molecule has 0 saturated carbocycles. The van der Waals surface area contributed by atoms with E-state index < -0.39 is 24.0 Å². The summed E-state index contributed by atoms with van der Waals surface area (Å²) < 4.78 is 9.15. The van der Waals surface area contributed by atoms with E-state index >= 15 is 0 Å². The van der Waals surface area contributed by atoms with Gasteiger partial charge in [0.25, 0.3) is 0 Å². The number of carbonyl (C=O) groups is 3. The molecule has 104 valence electrons. The van der Waals surface area contributed by atoms with E-state index in [2.05, 4.69) is 14.8 Å². The summed E-state index contributed by atoms with van der Waals surface area (Å²) in [6, 6.07) is -0.594. The lowest BCUT2D eigenvalue weighted by Gasteiger charge is -2.19. The largest absolute Gasteiger partial charge is 0.468 e. The number of nitrogens with one attached hydrogen (secondary N) is 2. The van der Waals surface area contributed by atoms with Gasteiger partial charge in [0.2, 0.25) is 5.91 Å². The lowest BCUT2D eigenvalue weighted by Crippen LogP contribution is -2.47. The van der Waals surface area contributed by atoms with Crippen molar-refractivity contribution in [3.05, 3.63) is 0 Å². The van der Waals surface area contributed by atoms with Gasteiger partial charge in [-0.25, -0.2) is 4.79 Å². The van der Waals surface area contributed by atoms with Crippen molar-refractivity contribution in [3.8, 4) is 0 Å². The van der Waals surface area contributed by atoms with Crippen LogP contribution in [0.5, 0.6) is 0 Å². The van der Waals surface area contributed by atoms with Crippen LogP contribution in [0.4, 0.5) is 4.79 Å². The van der Waals surface area contributed by atoms with Gasteiger partial charge in [-0.1, -0.05) is 13.8 Å². The maximum absolute atomic E-state index is 11.4. The van der Waals surface area contributed by atoms with Gasteiger partial charge in [0.15, 0.2) is 0 Å². The molecule has 0 aromatic rings. The Morgan fingerprint density at radius 3 is 2.28 bits per heavy atom. The van der Waals surface area contributed by atoms with Crippen LogP contribution in [0.25, 0.3) is 0 Å². The summed E-state index contributed by atoms with van der Waals surface area (Å²) in [6.45, 7) is 5.28. The first-order valence-electron chi connectivity index (χ1n) is 5.70. The lowest BCUT2D eigenvalue weighted by molar-refractivity contribution is -0.144. The first-order chi connectivity index (χ1) is 8.42. The molecule has 0 spiro atoms. The molecule has 2 amide bonds. The van der Waals surface area contributed by atoms with Crippen LogP contribution >= 0.6 is 0 Å². The van der Waals surface area contributed by atoms with E-state index in [9.17, 15) is 14.4 Å². The fourth-order valence-electron chi connectivity index (χ4n) is 1.25. The molecule has 0 rings (SSSR count). The number of alkyl carbamates (subject to hydrolysis) is 1. The lowest BCUT2D eigenvalue weighted by atomic mass is 10.0. The molecule has 0 aromatic carbocycles. The molecule has 2 N–H and O–H groups in total. The van der Waals surface area contributed by atoms with Crippen LogP contribution in [-0.2, 0) is 19.1 Å². The van der Waals surface area contributed by atoms with Crippen LogP contribution in [-0.4, -0.2) is 44.3 Å². The second kappa shape index (κ2) is 8.46. The summed E-state index contributed by atoms with van der Waals surface area (Å²) in [5.41, 5.74) is 0. The molecule has 7 heteroatoms. The Bertz CT molecular complexity index is 304. The second-order valence-electron chi connectivity index (χ2n) is 3.89. The van der Waals surface area contributed by atoms with E-state index in [4.69, 9.17) is 0 Å². The van der Waals surface area contributed by atoms with Gasteiger partial charge in [-0.15, -0.1) is 0 Å². The Kier molecular flexibility index (Phi) is 7.69. The third kappa shape index (κ3) is 6.19. The van der Waals surface area contributed by atoms with Crippen molar-refractivity contribution in [3.63, 3.8) is 0 Å². The summed E-state index contributed by atoms with van der Waals surface area (Å²) in [6.07, 6.45) is -0.802. The minimum atomic E-state index is -0.802. The summed E-state index contributed by atoms with van der Waals surface area (Å²) >= 11 is 0. The van der Waals surface area contributed by atoms with E-state index in [1.54, 1.807) is 6.92 Å². The van der Waals surface area contributed by atoms with Gasteiger partial charge in [-0.05, 0) is 12.8 Å². The summed E-state index contributed by atoms with van der Waals surface area (Å²) in [4.78, 5) is 33.7. The SMILES string of the molecule is CCOC(=O)NC(=O)CNC(C(=O)OC)C(C)C. The van der Waals surface area contributed by atoms with Crippen molar-refractivity contribution < 1.29 is 23.9 Å². The molecule has 7 nitrogen and oxygen atoms in total. The van der Waals surface area contributed by atoms with Gasteiger partial charge >= 0.3 is 12.1 Å². The highest BCUT2D eigenvalue weighted by molar-refractivity contribution is 5.93. The zero-order chi connectivity index (χ0) is 14.1. The smallest absolute Gasteiger partial charge is 0.413 e. The van der Waals surface area contributed by atoms with Crippen molar-refractivity contribution in [1.82, 2.24) is 10.6 Å². The molecule has 0 aliphatic rings. The first-order valence-corrected chi connectivity index (χ1v) is 5.70. The first kappa shape index (κ1) is 16.4. The van der Waals surface area contributed by atoms with E-state index in [1.807, 2.05) is 19.2 Å². The number of hydrogen-bond acceptors (Lipinski definition) is 6. The minimum absolute atomic E-state index is 0.0344. The molecule has 0 radical (unpaired) electrons. The summed E-state index contributed by atoms with van der Waals surface area (Å²) in [5, 5.41) is 4.74. The van der Waals surface area contributed by atoms with E-state index in [1.165, 1.54) is 7.11 Å². The number of imide groups is 1. The molecule has 0 aliphatic heterocycles. The second-order valence-corrected chi connectivity index (χ2v) is 3.89. The van der Waals surface area contributed by atoms with Crippen LogP contribution in [0.3, 0.4) is 0 Å². The predicted molar refractivity (Wildman–Crippen MR) is 63.8 cm³/mol. The van der Waals surface area contributed by atoms with Crippen LogP contribution in [0.15, 0.2) is 0 Å². The van der Waals surface area contributed by atoms with Crippen molar-refractivity contribution >= 4 is 18.0 Å². The van der Waals surface area contributed by atoms with Gasteiger partial charge in [0.1, 0.15) is 6.04 Å². The fourth-order valence-corrected chi connectivity index (χ4v) is 1.25. The normalized spacial score (nSPS) is 11.8. The fraction of sp³-hybridized carbons (Fsp3) is 0.727. The number of ether oxygens (including phenoxy) is 2. The molecular weight excluding hydrogens is 240 g/mol. The molecule has 0 heterocycles. The van der Waals surface area contributed by atoms with Gasteiger partial charge in [0, 0.05) is 0 Å². The molecule has 0 aliphatic carbocycles. The van der Waals surface area contributed by atoms with Gasteiger partial charge in [-0.3, -0.25) is 20.2 Å². The number of hydrogen-bond donors (Lipinski definition) is 2. The highest BCUT2D eigenvalue weighted by Gasteiger charge is 2.23. The predicted octanol–water partition coefficient (Wildman–Crippen LogP) is 0.0463. The third-order valence-electron chi connectivity index (χ3n) is 2.12. The van der Waals surface area contributed by atoms with Crippen molar-refractivity contribution in [2.24, 2.45) is 5.92 Å². The molecule has 0 bridgehead atoms. The van der Waals surface area contributed by atoms with E-state index in [0.29, 0.717) is 0 Å². The van der Waals surface area contributed by atoms with Crippen LogP contribution in [0.2, 0.25) is 0 Å². The zero-order valence-electron chi connectivity index (χ0n) is 11.1. The quantitative estimate of drug-likeness (QED) is 0.655. The average Bonchev–Trinajstić information content (AvgIpc) is 2.28. The maximum Gasteiger partial charge on any atom is 0.413 e. The Morgan fingerprint density at radius 1 is 1.22 bits per heavy atom. The molecular formula is C11H20N2O5. The van der Waals surface area contributed by atoms with Gasteiger partial charge in [-0.2, -0.15) is 0 Å². The minimum Gasteiger partial charge on any atom is -0.468 e. The Hall–Kier alpha value is -1.63. The third-order valence-corrected chi connectivity index (χ3v) is 2.12. The molecule has 18 heavy (non-hydrogen) atoms. The highest BCUT2D eigenvalue weighted by atomic mass is 16.5. The molecule has 0 fully saturated rings. The molecule has 1 atom stereocenters. The summed E-state index contributed by atoms with van der Waals surface area (Å²) in [5.74, 6) is -1.05. The van der Waals surface area contributed by atoms with Crippen LogP contribution in [0, 0.1) is 5.92 Å². The topological polar surface area (TPSA) is 93.7 Å². The molecule has 0 saturated heterocycles. The van der Waals surface area contributed by atoms with Crippen molar-refractivity contribution in [2.45, 2.75) is 26.8 Å². The van der Waals surface area contributed by atoms with Crippen LogP contribution in [0.1, 0.15) is 20.8 Å². The Balaban J connectivity index is 4.16. The summed E-state index contributed by atoms with van der Waals surface area (Å²) in [7, 11) is 1.28. The Labute approximate surface area is 106 Å². The monoisotopic (exact) mass is 260 g/mol. The molecule has 0 aromatic heterocycles. The number of methoxy groups -OCH3 is 1. The van der Waals surface area contributed by atoms with Crippen LogP contribution < -0.4 is 10.6 Å². The number of carbonyl (C=O) groups excluding carboxylic acids is 3. The van der Waals surface area contributed by atoms with Crippen molar-refractivity contribution in [2.75, 3.05) is 20.3 Å². The number of rotatable bonds is 6. The highest BCUT2D eigenvalue weighted by Crippen LogP contribution is 2.02. The molecule has 1 unspecified atom stereocenters. The van der Waals surface area contributed by atoms with E-state index in [0.717, 1.165) is 0 Å².